The molecular formula is C21H27NO4. The van der Waals surface area contributed by atoms with Gasteiger partial charge in [-0.05, 0) is 31.4 Å². The maximum Gasteiger partial charge on any atom is 0.330 e. The second kappa shape index (κ2) is 11.0. The molecule has 1 rings (SSSR count). The second-order valence-corrected chi connectivity index (χ2v) is 6.24. The van der Waals surface area contributed by atoms with Crippen molar-refractivity contribution in [2.45, 2.75) is 40.3 Å². The van der Waals surface area contributed by atoms with E-state index in [-0.39, 0.29) is 23.7 Å². The van der Waals surface area contributed by atoms with E-state index in [1.54, 1.807) is 17.9 Å². The van der Waals surface area contributed by atoms with Gasteiger partial charge >= 0.3 is 5.97 Å². The maximum atomic E-state index is 12.7. The zero-order valence-electron chi connectivity index (χ0n) is 15.8. The van der Waals surface area contributed by atoms with Gasteiger partial charge in [-0.15, -0.1) is 0 Å². The van der Waals surface area contributed by atoms with Crippen molar-refractivity contribution in [3.05, 3.63) is 60.2 Å². The van der Waals surface area contributed by atoms with Crippen LogP contribution in [-0.2, 0) is 25.7 Å². The van der Waals surface area contributed by atoms with Gasteiger partial charge in [0.1, 0.15) is 0 Å². The number of carbonyl (C=O) groups excluding carboxylic acids is 3. The van der Waals surface area contributed by atoms with E-state index in [0.29, 0.717) is 13.2 Å². The summed E-state index contributed by atoms with van der Waals surface area (Å²) in [5, 5.41) is 0. The molecule has 0 aromatic heterocycles. The number of allylic oxidation sites excluding steroid dienone is 1. The van der Waals surface area contributed by atoms with Crippen molar-refractivity contribution in [2.24, 2.45) is 5.92 Å². The molecule has 0 aliphatic heterocycles. The van der Waals surface area contributed by atoms with E-state index >= 15 is 0 Å². The fourth-order valence-corrected chi connectivity index (χ4v) is 2.45. The maximum absolute atomic E-state index is 12.7. The van der Waals surface area contributed by atoms with E-state index in [1.165, 1.54) is 25.2 Å². The van der Waals surface area contributed by atoms with Gasteiger partial charge in [0.15, 0.2) is 5.78 Å². The average molecular weight is 357 g/mol. The minimum absolute atomic E-state index is 0.0686. The lowest BCUT2D eigenvalue weighted by molar-refractivity contribution is -0.137. The van der Waals surface area contributed by atoms with Crippen LogP contribution in [0.25, 0.3) is 0 Å². The highest BCUT2D eigenvalue weighted by Crippen LogP contribution is 2.17. The molecule has 0 spiro atoms. The number of amides is 1. The van der Waals surface area contributed by atoms with Crippen LogP contribution in [0.15, 0.2) is 54.6 Å². The number of benzene rings is 1. The summed E-state index contributed by atoms with van der Waals surface area (Å²) in [5.74, 6) is -0.846. The molecular weight excluding hydrogens is 330 g/mol. The molecule has 5 heteroatoms. The normalized spacial score (nSPS) is 12.5. The summed E-state index contributed by atoms with van der Waals surface area (Å²) in [6.07, 6.45) is 5.57. The molecule has 0 aliphatic carbocycles. The van der Waals surface area contributed by atoms with Crippen molar-refractivity contribution in [2.75, 3.05) is 6.61 Å². The molecule has 0 saturated carbocycles. The predicted octanol–water partition coefficient (Wildman–Crippen LogP) is 3.30. The fourth-order valence-electron chi connectivity index (χ4n) is 2.45. The third kappa shape index (κ3) is 7.47. The third-order valence-corrected chi connectivity index (χ3v) is 3.70. The number of ketones is 1. The number of carbonyl (C=O) groups is 3. The van der Waals surface area contributed by atoms with Gasteiger partial charge in [0.2, 0.25) is 5.91 Å². The Labute approximate surface area is 155 Å². The Morgan fingerprint density at radius 2 is 1.73 bits per heavy atom. The number of hydrogen-bond acceptors (Lipinski definition) is 4. The minimum atomic E-state index is -0.440. The van der Waals surface area contributed by atoms with E-state index in [1.807, 2.05) is 44.2 Å². The van der Waals surface area contributed by atoms with Crippen LogP contribution in [0.4, 0.5) is 0 Å². The van der Waals surface area contributed by atoms with Crippen molar-refractivity contribution >= 4 is 17.7 Å². The van der Waals surface area contributed by atoms with Crippen molar-refractivity contribution in [3.8, 4) is 0 Å². The third-order valence-electron chi connectivity index (χ3n) is 3.70. The van der Waals surface area contributed by atoms with Crippen LogP contribution in [-0.4, -0.2) is 35.2 Å². The molecule has 0 bridgehead atoms. The number of hydrogen-bond donors (Lipinski definition) is 0. The molecule has 1 atom stereocenters. The summed E-state index contributed by atoms with van der Waals surface area (Å²) in [6.45, 7) is 7.75. The Balaban J connectivity index is 3.13. The van der Waals surface area contributed by atoms with Gasteiger partial charge in [-0.1, -0.05) is 50.3 Å². The van der Waals surface area contributed by atoms with Gasteiger partial charge in [0.25, 0.3) is 0 Å². The molecule has 1 aromatic carbocycles. The van der Waals surface area contributed by atoms with Gasteiger partial charge in [0, 0.05) is 18.7 Å². The Bertz CT molecular complexity index is 662. The second-order valence-electron chi connectivity index (χ2n) is 6.24. The molecule has 5 nitrogen and oxygen atoms in total. The molecule has 0 heterocycles. The Hall–Kier alpha value is -2.69. The molecule has 0 radical (unpaired) electrons. The first-order valence-corrected chi connectivity index (χ1v) is 8.73. The highest BCUT2D eigenvalue weighted by Gasteiger charge is 2.23. The number of ether oxygens (including phenoxy) is 1. The van der Waals surface area contributed by atoms with Crippen molar-refractivity contribution in [3.63, 3.8) is 0 Å². The zero-order chi connectivity index (χ0) is 19.5. The largest absolute Gasteiger partial charge is 0.463 e. The molecule has 0 saturated heterocycles. The van der Waals surface area contributed by atoms with Crippen LogP contribution in [0.1, 0.15) is 33.3 Å². The van der Waals surface area contributed by atoms with Gasteiger partial charge < -0.3 is 9.64 Å². The Morgan fingerprint density at radius 3 is 2.27 bits per heavy atom. The van der Waals surface area contributed by atoms with Crippen LogP contribution < -0.4 is 0 Å². The van der Waals surface area contributed by atoms with Crippen LogP contribution in [0, 0.1) is 5.92 Å². The lowest BCUT2D eigenvalue weighted by Gasteiger charge is -2.32. The van der Waals surface area contributed by atoms with Gasteiger partial charge in [-0.2, -0.15) is 0 Å². The first-order chi connectivity index (χ1) is 12.3. The summed E-state index contributed by atoms with van der Waals surface area (Å²) < 4.78 is 4.92. The van der Waals surface area contributed by atoms with E-state index in [9.17, 15) is 14.4 Å². The smallest absolute Gasteiger partial charge is 0.330 e. The monoisotopic (exact) mass is 357 g/mol. The van der Waals surface area contributed by atoms with Crippen molar-refractivity contribution < 1.29 is 19.1 Å². The molecule has 0 unspecified atom stereocenters. The highest BCUT2D eigenvalue weighted by atomic mass is 16.5. The van der Waals surface area contributed by atoms with E-state index in [2.05, 4.69) is 0 Å². The summed E-state index contributed by atoms with van der Waals surface area (Å²) in [6, 6.07) is 9.27. The van der Waals surface area contributed by atoms with Crippen LogP contribution in [0.2, 0.25) is 0 Å². The Kier molecular flexibility index (Phi) is 9.06. The van der Waals surface area contributed by atoms with Crippen LogP contribution >= 0.6 is 0 Å². The summed E-state index contributed by atoms with van der Waals surface area (Å²) in [7, 11) is 0. The van der Waals surface area contributed by atoms with Crippen molar-refractivity contribution in [1.82, 2.24) is 4.90 Å². The molecule has 0 N–H and O–H groups in total. The standard InChI is InChI=1S/C21H27NO4/c1-5-26-21(25)14-12-19(16(2)3)22(20(24)13-11-17(4)23)15-18-9-7-6-8-10-18/h6-14,16,19H,5,15H2,1-4H3/b13-11+,14-12+/t19-/m1/s1. The van der Waals surface area contributed by atoms with Crippen LogP contribution in [0.3, 0.4) is 0 Å². The molecule has 26 heavy (non-hydrogen) atoms. The number of nitrogens with zero attached hydrogens (tertiary/aromatic N) is 1. The summed E-state index contributed by atoms with van der Waals surface area (Å²) >= 11 is 0. The number of esters is 1. The van der Waals surface area contributed by atoms with Gasteiger partial charge in [0.05, 0.1) is 12.6 Å². The quantitative estimate of drug-likeness (QED) is 0.502. The molecule has 1 aromatic rings. The molecule has 140 valence electrons. The fraction of sp³-hybridized carbons (Fsp3) is 0.381. The average Bonchev–Trinajstić information content (AvgIpc) is 2.59. The molecule has 1 amide bonds. The van der Waals surface area contributed by atoms with E-state index in [0.717, 1.165) is 5.56 Å². The van der Waals surface area contributed by atoms with E-state index in [4.69, 9.17) is 4.74 Å². The molecule has 0 aliphatic rings. The number of rotatable bonds is 9. The van der Waals surface area contributed by atoms with Gasteiger partial charge in [-0.3, -0.25) is 9.59 Å². The predicted molar refractivity (Wildman–Crippen MR) is 101 cm³/mol. The lowest BCUT2D eigenvalue weighted by atomic mass is 10.0. The van der Waals surface area contributed by atoms with E-state index < -0.39 is 5.97 Å². The van der Waals surface area contributed by atoms with Crippen LogP contribution in [0.5, 0.6) is 0 Å². The van der Waals surface area contributed by atoms with Gasteiger partial charge in [-0.25, -0.2) is 4.79 Å². The topological polar surface area (TPSA) is 63.7 Å². The Morgan fingerprint density at radius 1 is 1.08 bits per heavy atom. The van der Waals surface area contributed by atoms with Crippen molar-refractivity contribution in [1.29, 1.82) is 0 Å². The first-order valence-electron chi connectivity index (χ1n) is 8.73. The first kappa shape index (κ1) is 21.4. The molecule has 0 fully saturated rings. The summed E-state index contributed by atoms with van der Waals surface area (Å²) in [5.41, 5.74) is 0.965. The zero-order valence-corrected chi connectivity index (χ0v) is 15.8. The lowest BCUT2D eigenvalue weighted by Crippen LogP contribution is -2.41. The minimum Gasteiger partial charge on any atom is -0.463 e. The highest BCUT2D eigenvalue weighted by molar-refractivity contribution is 5.96. The SMILES string of the molecule is CCOC(=O)/C=C/[C@H](C(C)C)N(Cc1ccccc1)C(=O)/C=C/C(C)=O. The summed E-state index contributed by atoms with van der Waals surface area (Å²) in [4.78, 5) is 37.2.